The molecule has 0 aromatic heterocycles. The van der Waals surface area contributed by atoms with Crippen molar-refractivity contribution in [2.75, 3.05) is 20.3 Å². The van der Waals surface area contributed by atoms with Crippen LogP contribution >= 0.6 is 0 Å². The lowest BCUT2D eigenvalue weighted by molar-refractivity contribution is 0.142. The van der Waals surface area contributed by atoms with Gasteiger partial charge in [-0.3, -0.25) is 0 Å². The molecule has 0 radical (unpaired) electrons. The first-order valence-corrected chi connectivity index (χ1v) is 7.04. The molecule has 0 amide bonds. The van der Waals surface area contributed by atoms with Crippen LogP contribution in [0.2, 0.25) is 0 Å². The Morgan fingerprint density at radius 2 is 2.00 bits per heavy atom. The molecule has 2 atom stereocenters. The third kappa shape index (κ3) is 5.12. The van der Waals surface area contributed by atoms with Crippen LogP contribution in [0, 0.1) is 5.41 Å². The van der Waals surface area contributed by atoms with E-state index in [1.165, 1.54) is 0 Å². The maximum absolute atomic E-state index is 10.2. The van der Waals surface area contributed by atoms with Gasteiger partial charge in [-0.25, -0.2) is 0 Å². The van der Waals surface area contributed by atoms with Crippen LogP contribution < -0.4 is 10.1 Å². The van der Waals surface area contributed by atoms with Gasteiger partial charge in [0.05, 0.1) is 13.2 Å². The van der Waals surface area contributed by atoms with Gasteiger partial charge in [-0.05, 0) is 29.5 Å². The Morgan fingerprint density at radius 1 is 1.30 bits per heavy atom. The summed E-state index contributed by atoms with van der Waals surface area (Å²) < 4.78 is 5.16. The van der Waals surface area contributed by atoms with Crippen molar-refractivity contribution in [1.82, 2.24) is 5.32 Å². The third-order valence-electron chi connectivity index (χ3n) is 3.50. The number of hydrogen-bond donors (Lipinski definition) is 3. The lowest BCUT2D eigenvalue weighted by Gasteiger charge is -2.32. The first kappa shape index (κ1) is 17.0. The topological polar surface area (TPSA) is 61.7 Å². The van der Waals surface area contributed by atoms with Gasteiger partial charge in [-0.1, -0.05) is 32.9 Å². The molecule has 1 aromatic rings. The summed E-state index contributed by atoms with van der Waals surface area (Å²) in [7, 11) is 1.61. The second-order valence-electron chi connectivity index (χ2n) is 6.13. The molecule has 0 aliphatic heterocycles. The van der Waals surface area contributed by atoms with E-state index >= 15 is 0 Å². The van der Waals surface area contributed by atoms with Gasteiger partial charge in [-0.2, -0.15) is 0 Å². The molecule has 4 nitrogen and oxygen atoms in total. The second-order valence-corrected chi connectivity index (χ2v) is 6.13. The fourth-order valence-electron chi connectivity index (χ4n) is 2.19. The number of ether oxygens (including phenoxy) is 1. The molecule has 0 aliphatic rings. The Balaban J connectivity index is 2.62. The van der Waals surface area contributed by atoms with Gasteiger partial charge < -0.3 is 20.3 Å². The molecule has 1 aromatic carbocycles. The minimum atomic E-state index is -0.589. The summed E-state index contributed by atoms with van der Waals surface area (Å²) in [6.45, 7) is 6.97. The first-order valence-electron chi connectivity index (χ1n) is 7.04. The van der Waals surface area contributed by atoms with Gasteiger partial charge in [0.2, 0.25) is 0 Å². The number of benzene rings is 1. The van der Waals surface area contributed by atoms with Crippen LogP contribution in [-0.4, -0.2) is 36.5 Å². The summed E-state index contributed by atoms with van der Waals surface area (Å²) in [5, 5.41) is 22.7. The maximum Gasteiger partial charge on any atom is 0.119 e. The zero-order valence-electron chi connectivity index (χ0n) is 12.9. The van der Waals surface area contributed by atoms with Crippen molar-refractivity contribution in [3.8, 4) is 5.75 Å². The van der Waals surface area contributed by atoms with Crippen molar-refractivity contribution in [2.24, 2.45) is 5.41 Å². The van der Waals surface area contributed by atoms with Crippen molar-refractivity contribution < 1.29 is 14.9 Å². The predicted octanol–water partition coefficient (Wildman–Crippen LogP) is 2.12. The second kappa shape index (κ2) is 7.62. The summed E-state index contributed by atoms with van der Waals surface area (Å²) in [5.74, 6) is 0.740. The molecule has 0 fully saturated rings. The van der Waals surface area contributed by atoms with E-state index in [2.05, 4.69) is 26.1 Å². The molecule has 2 unspecified atom stereocenters. The molecule has 0 heterocycles. The quantitative estimate of drug-likeness (QED) is 0.716. The van der Waals surface area contributed by atoms with Crippen LogP contribution in [-0.2, 0) is 0 Å². The van der Waals surface area contributed by atoms with E-state index < -0.39 is 6.10 Å². The van der Waals surface area contributed by atoms with Gasteiger partial charge in [0.1, 0.15) is 5.75 Å². The summed E-state index contributed by atoms with van der Waals surface area (Å²) in [5.41, 5.74) is 0.866. The minimum Gasteiger partial charge on any atom is -0.497 e. The summed E-state index contributed by atoms with van der Waals surface area (Å²) in [6, 6.07) is 7.60. The van der Waals surface area contributed by atoms with Crippen molar-refractivity contribution in [2.45, 2.75) is 39.3 Å². The van der Waals surface area contributed by atoms with E-state index in [0.29, 0.717) is 13.0 Å². The van der Waals surface area contributed by atoms with Gasteiger partial charge in [0.15, 0.2) is 0 Å². The Bertz CT molecular complexity index is 401. The minimum absolute atomic E-state index is 0.0385. The number of hydrogen-bond acceptors (Lipinski definition) is 4. The van der Waals surface area contributed by atoms with E-state index in [-0.39, 0.29) is 18.1 Å². The van der Waals surface area contributed by atoms with Crippen LogP contribution in [0.1, 0.15) is 38.9 Å². The van der Waals surface area contributed by atoms with Crippen molar-refractivity contribution in [1.29, 1.82) is 0 Å². The third-order valence-corrected chi connectivity index (χ3v) is 3.50. The zero-order valence-corrected chi connectivity index (χ0v) is 12.9. The van der Waals surface area contributed by atoms with E-state index in [4.69, 9.17) is 9.84 Å². The van der Waals surface area contributed by atoms with Gasteiger partial charge in [-0.15, -0.1) is 0 Å². The number of rotatable bonds is 7. The van der Waals surface area contributed by atoms with Gasteiger partial charge >= 0.3 is 0 Å². The summed E-state index contributed by atoms with van der Waals surface area (Å²) in [4.78, 5) is 0. The zero-order chi connectivity index (χ0) is 15.2. The molecule has 0 saturated heterocycles. The van der Waals surface area contributed by atoms with E-state index in [1.54, 1.807) is 7.11 Å². The molecule has 3 N–H and O–H groups in total. The monoisotopic (exact) mass is 281 g/mol. The molecule has 1 rings (SSSR count). The Labute approximate surface area is 121 Å². The Morgan fingerprint density at radius 3 is 2.55 bits per heavy atom. The predicted molar refractivity (Wildman–Crippen MR) is 80.9 cm³/mol. The van der Waals surface area contributed by atoms with Gasteiger partial charge in [0, 0.05) is 19.2 Å². The molecule has 0 saturated carbocycles. The van der Waals surface area contributed by atoms with Crippen LogP contribution in [0.25, 0.3) is 0 Å². The fraction of sp³-hybridized carbons (Fsp3) is 0.625. The largest absolute Gasteiger partial charge is 0.497 e. The molecule has 20 heavy (non-hydrogen) atoms. The standard InChI is InChI=1S/C16H27NO3/c1-16(2,3)15(8-9-18)17-11-14(19)12-6-5-7-13(10-12)20-4/h5-7,10,14-15,17-19H,8-9,11H2,1-4H3. The number of nitrogens with one attached hydrogen (secondary N) is 1. The van der Waals surface area contributed by atoms with Crippen LogP contribution in [0.5, 0.6) is 5.75 Å². The highest BCUT2D eigenvalue weighted by Gasteiger charge is 2.24. The molecular formula is C16H27NO3. The van der Waals surface area contributed by atoms with Crippen molar-refractivity contribution >= 4 is 0 Å². The lowest BCUT2D eigenvalue weighted by Crippen LogP contribution is -2.42. The first-order chi connectivity index (χ1) is 9.38. The summed E-state index contributed by atoms with van der Waals surface area (Å²) >= 11 is 0. The molecule has 114 valence electrons. The normalized spacial score (nSPS) is 14.9. The van der Waals surface area contributed by atoms with Crippen LogP contribution in [0.4, 0.5) is 0 Å². The molecular weight excluding hydrogens is 254 g/mol. The van der Waals surface area contributed by atoms with Crippen molar-refractivity contribution in [3.63, 3.8) is 0 Å². The van der Waals surface area contributed by atoms with Crippen LogP contribution in [0.15, 0.2) is 24.3 Å². The number of methoxy groups -OCH3 is 1. The van der Waals surface area contributed by atoms with E-state index in [9.17, 15) is 5.11 Å². The number of aliphatic hydroxyl groups excluding tert-OH is 2. The number of aliphatic hydroxyl groups is 2. The van der Waals surface area contributed by atoms with Crippen molar-refractivity contribution in [3.05, 3.63) is 29.8 Å². The SMILES string of the molecule is COc1cccc(C(O)CNC(CCO)C(C)(C)C)c1. The van der Waals surface area contributed by atoms with Gasteiger partial charge in [0.25, 0.3) is 0 Å². The van der Waals surface area contributed by atoms with E-state index in [1.807, 2.05) is 24.3 Å². The molecule has 0 bridgehead atoms. The molecule has 4 heteroatoms. The maximum atomic E-state index is 10.2. The average molecular weight is 281 g/mol. The lowest BCUT2D eigenvalue weighted by atomic mass is 9.85. The Kier molecular flexibility index (Phi) is 6.46. The van der Waals surface area contributed by atoms with E-state index in [0.717, 1.165) is 11.3 Å². The average Bonchev–Trinajstić information content (AvgIpc) is 2.41. The summed E-state index contributed by atoms with van der Waals surface area (Å²) in [6.07, 6.45) is 0.0857. The highest BCUT2D eigenvalue weighted by Crippen LogP contribution is 2.23. The molecule has 0 aliphatic carbocycles. The highest BCUT2D eigenvalue weighted by atomic mass is 16.5. The van der Waals surface area contributed by atoms with Crippen LogP contribution in [0.3, 0.4) is 0 Å². The highest BCUT2D eigenvalue weighted by molar-refractivity contribution is 5.29. The fourth-order valence-corrected chi connectivity index (χ4v) is 2.19. The molecule has 0 spiro atoms. The smallest absolute Gasteiger partial charge is 0.119 e. The Hall–Kier alpha value is -1.10.